The first-order valence-electron chi connectivity index (χ1n) is 5.81. The van der Waals surface area contributed by atoms with Gasteiger partial charge in [-0.05, 0) is 7.05 Å². The zero-order valence-corrected chi connectivity index (χ0v) is 9.76. The summed E-state index contributed by atoms with van der Waals surface area (Å²) in [4.78, 5) is 4.55. The molecule has 2 aliphatic rings. The van der Waals surface area contributed by atoms with Gasteiger partial charge in [-0.1, -0.05) is 0 Å². The average Bonchev–Trinajstić information content (AvgIpc) is 2.29. The quantitative estimate of drug-likeness (QED) is 0.636. The Morgan fingerprint density at radius 1 is 1.25 bits per heavy atom. The minimum absolute atomic E-state index is 0.268. The molecule has 5 heteroatoms. The molecule has 16 heavy (non-hydrogen) atoms. The summed E-state index contributed by atoms with van der Waals surface area (Å²) in [6.45, 7) is 5.98. The van der Waals surface area contributed by atoms with Crippen LogP contribution in [-0.4, -0.2) is 75.0 Å². The Morgan fingerprint density at radius 2 is 2.06 bits per heavy atom. The third-order valence-electron chi connectivity index (χ3n) is 3.10. The SMILES string of the molecule is CN1CCOC(CN2CCOC(C#N)C2)C1. The zero-order chi connectivity index (χ0) is 11.4. The fraction of sp³-hybridized carbons (Fsp3) is 0.909. The molecule has 2 atom stereocenters. The van der Waals surface area contributed by atoms with E-state index in [0.717, 1.165) is 32.8 Å². The molecule has 0 saturated carbocycles. The van der Waals surface area contributed by atoms with E-state index in [2.05, 4.69) is 22.9 Å². The summed E-state index contributed by atoms with van der Waals surface area (Å²) in [6, 6.07) is 2.16. The maximum atomic E-state index is 8.82. The number of hydrogen-bond donors (Lipinski definition) is 0. The maximum Gasteiger partial charge on any atom is 0.156 e. The van der Waals surface area contributed by atoms with Crippen LogP contribution in [0.4, 0.5) is 0 Å². The van der Waals surface area contributed by atoms with Gasteiger partial charge in [0.2, 0.25) is 0 Å². The van der Waals surface area contributed by atoms with Crippen molar-refractivity contribution in [2.45, 2.75) is 12.2 Å². The van der Waals surface area contributed by atoms with Crippen LogP contribution in [0.3, 0.4) is 0 Å². The van der Waals surface area contributed by atoms with Crippen LogP contribution in [0.15, 0.2) is 0 Å². The minimum Gasteiger partial charge on any atom is -0.374 e. The Hall–Kier alpha value is -0.670. The number of likely N-dealkylation sites (N-methyl/N-ethyl adjacent to an activating group) is 1. The molecule has 2 heterocycles. The van der Waals surface area contributed by atoms with Gasteiger partial charge in [-0.25, -0.2) is 0 Å². The molecule has 0 bridgehead atoms. The molecule has 0 aromatic rings. The van der Waals surface area contributed by atoms with Crippen molar-refractivity contribution >= 4 is 0 Å². The Balaban J connectivity index is 1.78. The first kappa shape index (κ1) is 11.8. The molecule has 2 unspecified atom stereocenters. The fourth-order valence-electron chi connectivity index (χ4n) is 2.21. The van der Waals surface area contributed by atoms with Crippen LogP contribution in [0.1, 0.15) is 0 Å². The van der Waals surface area contributed by atoms with Gasteiger partial charge in [-0.2, -0.15) is 5.26 Å². The average molecular weight is 225 g/mol. The van der Waals surface area contributed by atoms with E-state index in [-0.39, 0.29) is 12.2 Å². The van der Waals surface area contributed by atoms with Crippen LogP contribution in [-0.2, 0) is 9.47 Å². The van der Waals surface area contributed by atoms with Gasteiger partial charge in [-0.15, -0.1) is 0 Å². The zero-order valence-electron chi connectivity index (χ0n) is 9.76. The molecule has 2 fully saturated rings. The first-order chi connectivity index (χ1) is 7.78. The van der Waals surface area contributed by atoms with Gasteiger partial charge in [0, 0.05) is 32.7 Å². The van der Waals surface area contributed by atoms with Gasteiger partial charge < -0.3 is 14.4 Å². The topological polar surface area (TPSA) is 48.7 Å². The summed E-state index contributed by atoms with van der Waals surface area (Å²) in [5, 5.41) is 8.82. The van der Waals surface area contributed by atoms with Crippen molar-refractivity contribution < 1.29 is 9.47 Å². The fourth-order valence-corrected chi connectivity index (χ4v) is 2.21. The highest BCUT2D eigenvalue weighted by Gasteiger charge is 2.25. The molecule has 0 radical (unpaired) electrons. The summed E-state index contributed by atoms with van der Waals surface area (Å²) in [5.74, 6) is 0. The highest BCUT2D eigenvalue weighted by Crippen LogP contribution is 2.09. The first-order valence-corrected chi connectivity index (χ1v) is 5.81. The summed E-state index contributed by atoms with van der Waals surface area (Å²) < 4.78 is 11.0. The van der Waals surface area contributed by atoms with Gasteiger partial charge in [0.15, 0.2) is 6.10 Å². The van der Waals surface area contributed by atoms with Crippen LogP contribution >= 0.6 is 0 Å². The summed E-state index contributed by atoms with van der Waals surface area (Å²) in [7, 11) is 2.12. The number of nitriles is 1. The Kier molecular flexibility index (Phi) is 4.13. The summed E-state index contributed by atoms with van der Waals surface area (Å²) >= 11 is 0. The van der Waals surface area contributed by atoms with Gasteiger partial charge in [0.05, 0.1) is 25.4 Å². The lowest BCUT2D eigenvalue weighted by Crippen LogP contribution is -2.50. The number of nitrogens with zero attached hydrogens (tertiary/aromatic N) is 3. The van der Waals surface area contributed by atoms with E-state index in [1.165, 1.54) is 0 Å². The van der Waals surface area contributed by atoms with E-state index in [1.807, 2.05) is 0 Å². The predicted molar refractivity (Wildman–Crippen MR) is 59.0 cm³/mol. The molecular weight excluding hydrogens is 206 g/mol. The van der Waals surface area contributed by atoms with E-state index in [4.69, 9.17) is 14.7 Å². The highest BCUT2D eigenvalue weighted by molar-refractivity contribution is 4.90. The molecule has 0 aliphatic carbocycles. The van der Waals surface area contributed by atoms with Crippen LogP contribution < -0.4 is 0 Å². The van der Waals surface area contributed by atoms with Crippen LogP contribution in [0.25, 0.3) is 0 Å². The largest absolute Gasteiger partial charge is 0.374 e. The molecule has 2 rings (SSSR count). The molecule has 0 amide bonds. The third kappa shape index (κ3) is 3.16. The molecule has 0 N–H and O–H groups in total. The Labute approximate surface area is 96.5 Å². The van der Waals surface area contributed by atoms with Crippen molar-refractivity contribution in [3.05, 3.63) is 0 Å². The Morgan fingerprint density at radius 3 is 2.81 bits per heavy atom. The number of morpholine rings is 2. The van der Waals surface area contributed by atoms with Gasteiger partial charge in [0.1, 0.15) is 0 Å². The molecule has 0 spiro atoms. The molecule has 0 aromatic carbocycles. The van der Waals surface area contributed by atoms with E-state index in [0.29, 0.717) is 13.2 Å². The number of rotatable bonds is 2. The summed E-state index contributed by atoms with van der Waals surface area (Å²) in [6.07, 6.45) is 0.00580. The van der Waals surface area contributed by atoms with Crippen LogP contribution in [0, 0.1) is 11.3 Å². The second kappa shape index (κ2) is 5.60. The van der Waals surface area contributed by atoms with E-state index in [1.54, 1.807) is 0 Å². The normalized spacial score (nSPS) is 33.5. The van der Waals surface area contributed by atoms with Gasteiger partial charge in [0.25, 0.3) is 0 Å². The second-order valence-corrected chi connectivity index (χ2v) is 4.50. The van der Waals surface area contributed by atoms with E-state index >= 15 is 0 Å². The monoisotopic (exact) mass is 225 g/mol. The molecule has 5 nitrogen and oxygen atoms in total. The molecule has 2 aliphatic heterocycles. The van der Waals surface area contributed by atoms with Crippen LogP contribution in [0.2, 0.25) is 0 Å². The lowest BCUT2D eigenvalue weighted by molar-refractivity contribution is -0.0602. The lowest BCUT2D eigenvalue weighted by atomic mass is 10.2. The van der Waals surface area contributed by atoms with Crippen molar-refractivity contribution in [1.82, 2.24) is 9.80 Å². The smallest absolute Gasteiger partial charge is 0.156 e. The standard InChI is InChI=1S/C11H19N3O2/c1-13-2-4-16-11(7-13)9-14-3-5-15-10(6-12)8-14/h10-11H,2-5,7-9H2,1H3. The number of hydrogen-bond acceptors (Lipinski definition) is 5. The van der Waals surface area contributed by atoms with Crippen molar-refractivity contribution in [3.63, 3.8) is 0 Å². The molecule has 90 valence electrons. The molecular formula is C11H19N3O2. The van der Waals surface area contributed by atoms with Gasteiger partial charge in [-0.3, -0.25) is 4.90 Å². The van der Waals surface area contributed by atoms with Crippen molar-refractivity contribution in [2.75, 3.05) is 53.0 Å². The summed E-state index contributed by atoms with van der Waals surface area (Å²) in [5.41, 5.74) is 0. The van der Waals surface area contributed by atoms with E-state index < -0.39 is 0 Å². The van der Waals surface area contributed by atoms with Crippen molar-refractivity contribution in [2.24, 2.45) is 0 Å². The van der Waals surface area contributed by atoms with Crippen molar-refractivity contribution in [1.29, 1.82) is 5.26 Å². The van der Waals surface area contributed by atoms with Crippen molar-refractivity contribution in [3.8, 4) is 6.07 Å². The minimum atomic E-state index is -0.268. The third-order valence-corrected chi connectivity index (χ3v) is 3.10. The van der Waals surface area contributed by atoms with Crippen LogP contribution in [0.5, 0.6) is 0 Å². The maximum absolute atomic E-state index is 8.82. The lowest BCUT2D eigenvalue weighted by Gasteiger charge is -2.36. The molecule has 0 aromatic heterocycles. The molecule has 2 saturated heterocycles. The Bertz CT molecular complexity index is 266. The van der Waals surface area contributed by atoms with E-state index in [9.17, 15) is 0 Å². The second-order valence-electron chi connectivity index (χ2n) is 4.50. The van der Waals surface area contributed by atoms with Gasteiger partial charge >= 0.3 is 0 Å². The predicted octanol–water partition coefficient (Wildman–Crippen LogP) is -0.459. The highest BCUT2D eigenvalue weighted by atomic mass is 16.5. The number of ether oxygens (including phenoxy) is 2.